The van der Waals surface area contributed by atoms with Gasteiger partial charge in [0.2, 0.25) is 11.0 Å². The van der Waals surface area contributed by atoms with Gasteiger partial charge in [-0.15, -0.1) is 10.2 Å². The van der Waals surface area contributed by atoms with Gasteiger partial charge in [0.05, 0.1) is 5.52 Å². The minimum Gasteiger partial charge on any atom is -0.408 e. The molecule has 0 bridgehead atoms. The molecular weight excluding hydrogens is 352 g/mol. The number of benzene rings is 1. The molecular formula is C18H20N4O3S. The summed E-state index contributed by atoms with van der Waals surface area (Å²) in [5.41, 5.74) is 1.06. The zero-order chi connectivity index (χ0) is 18.1. The average Bonchev–Trinajstić information content (AvgIpc) is 3.25. The summed E-state index contributed by atoms with van der Waals surface area (Å²) < 4.78 is 6.56. The van der Waals surface area contributed by atoms with Crippen molar-refractivity contribution in [2.45, 2.75) is 51.0 Å². The molecule has 3 aromatic rings. The second-order valence-corrected chi connectivity index (χ2v) is 7.66. The topological polar surface area (TPSA) is 90.0 Å². The summed E-state index contributed by atoms with van der Waals surface area (Å²) in [5.74, 6) is -0.413. The van der Waals surface area contributed by atoms with Crippen molar-refractivity contribution in [3.05, 3.63) is 39.8 Å². The van der Waals surface area contributed by atoms with E-state index in [1.807, 2.05) is 0 Å². The number of carbonyl (C=O) groups excluding carboxylic acids is 1. The highest BCUT2D eigenvalue weighted by molar-refractivity contribution is 7.15. The molecule has 1 saturated carbocycles. The molecule has 1 amide bonds. The van der Waals surface area contributed by atoms with Crippen LogP contribution in [0.2, 0.25) is 0 Å². The SMILES string of the molecule is C[C@H](C(=O)Nc1nnc(C2CCCCC2)s1)n1c(=O)oc2ccccc21. The van der Waals surface area contributed by atoms with Crippen molar-refractivity contribution in [1.82, 2.24) is 14.8 Å². The Hall–Kier alpha value is -2.48. The lowest BCUT2D eigenvalue weighted by Crippen LogP contribution is -2.29. The van der Waals surface area contributed by atoms with Crippen LogP contribution in [0.15, 0.2) is 33.5 Å². The first kappa shape index (κ1) is 17.0. The predicted molar refractivity (Wildman–Crippen MR) is 99.5 cm³/mol. The number of aromatic nitrogens is 3. The van der Waals surface area contributed by atoms with Gasteiger partial charge in [-0.25, -0.2) is 4.79 Å². The molecule has 1 aromatic carbocycles. The summed E-state index contributed by atoms with van der Waals surface area (Å²) in [4.78, 5) is 24.8. The Balaban J connectivity index is 1.52. The van der Waals surface area contributed by atoms with Gasteiger partial charge in [0, 0.05) is 5.92 Å². The molecule has 2 heterocycles. The number of para-hydroxylation sites is 2. The van der Waals surface area contributed by atoms with Crippen molar-refractivity contribution < 1.29 is 9.21 Å². The summed E-state index contributed by atoms with van der Waals surface area (Å²) in [6.45, 7) is 1.67. The highest BCUT2D eigenvalue weighted by Crippen LogP contribution is 2.35. The van der Waals surface area contributed by atoms with E-state index in [0.29, 0.717) is 22.1 Å². The first-order valence-corrected chi connectivity index (χ1v) is 9.69. The second kappa shape index (κ2) is 7.03. The van der Waals surface area contributed by atoms with Crippen LogP contribution in [0.25, 0.3) is 11.1 Å². The number of carbonyl (C=O) groups is 1. The maximum Gasteiger partial charge on any atom is 0.420 e. The van der Waals surface area contributed by atoms with Crippen molar-refractivity contribution in [1.29, 1.82) is 0 Å². The molecule has 136 valence electrons. The van der Waals surface area contributed by atoms with E-state index in [0.717, 1.165) is 17.8 Å². The smallest absolute Gasteiger partial charge is 0.408 e. The number of nitrogens with one attached hydrogen (secondary N) is 1. The van der Waals surface area contributed by atoms with Gasteiger partial charge in [0.25, 0.3) is 0 Å². The Bertz CT molecular complexity index is 984. The van der Waals surface area contributed by atoms with Gasteiger partial charge in [-0.05, 0) is 31.9 Å². The van der Waals surface area contributed by atoms with Gasteiger partial charge in [-0.2, -0.15) is 0 Å². The van der Waals surface area contributed by atoms with Gasteiger partial charge in [-0.1, -0.05) is 42.7 Å². The molecule has 1 N–H and O–H groups in total. The summed E-state index contributed by atoms with van der Waals surface area (Å²) in [6.07, 6.45) is 5.99. The molecule has 4 rings (SSSR count). The highest BCUT2D eigenvalue weighted by Gasteiger charge is 2.24. The van der Waals surface area contributed by atoms with Crippen LogP contribution in [0.4, 0.5) is 5.13 Å². The maximum atomic E-state index is 12.6. The average molecular weight is 372 g/mol. The first-order chi connectivity index (χ1) is 12.6. The van der Waals surface area contributed by atoms with Crippen LogP contribution in [0.5, 0.6) is 0 Å². The van der Waals surface area contributed by atoms with E-state index in [9.17, 15) is 9.59 Å². The fraction of sp³-hybridized carbons (Fsp3) is 0.444. The van der Waals surface area contributed by atoms with Crippen LogP contribution >= 0.6 is 11.3 Å². The zero-order valence-corrected chi connectivity index (χ0v) is 15.3. The van der Waals surface area contributed by atoms with Crippen molar-refractivity contribution in [2.24, 2.45) is 0 Å². The van der Waals surface area contributed by atoms with Crippen LogP contribution in [-0.4, -0.2) is 20.7 Å². The molecule has 7 nitrogen and oxygen atoms in total. The van der Waals surface area contributed by atoms with E-state index in [2.05, 4.69) is 15.5 Å². The second-order valence-electron chi connectivity index (χ2n) is 6.65. The molecule has 26 heavy (non-hydrogen) atoms. The van der Waals surface area contributed by atoms with Gasteiger partial charge in [0.15, 0.2) is 5.58 Å². The van der Waals surface area contributed by atoms with Crippen LogP contribution in [0, 0.1) is 0 Å². The normalized spacial score (nSPS) is 16.7. The van der Waals surface area contributed by atoms with Crippen LogP contribution in [0.3, 0.4) is 0 Å². The number of amides is 1. The van der Waals surface area contributed by atoms with Gasteiger partial charge in [0.1, 0.15) is 11.0 Å². The van der Waals surface area contributed by atoms with Crippen molar-refractivity contribution in [2.75, 3.05) is 5.32 Å². The standard InChI is InChI=1S/C18H20N4O3S/c1-11(22-13-9-5-6-10-14(13)25-18(22)24)15(23)19-17-21-20-16(26-17)12-7-3-2-4-8-12/h5-6,9-12H,2-4,7-8H2,1H3,(H,19,21,23)/t11-/m1/s1. The summed E-state index contributed by atoms with van der Waals surface area (Å²) in [5, 5.41) is 12.6. The molecule has 0 unspecified atom stereocenters. The van der Waals surface area contributed by atoms with Crippen LogP contribution in [0.1, 0.15) is 56.0 Å². The van der Waals surface area contributed by atoms with E-state index in [1.54, 1.807) is 31.2 Å². The fourth-order valence-corrected chi connectivity index (χ4v) is 4.39. The predicted octanol–water partition coefficient (Wildman–Crippen LogP) is 3.69. The lowest BCUT2D eigenvalue weighted by Gasteiger charge is -2.18. The number of oxazole rings is 1. The minimum absolute atomic E-state index is 0.315. The van der Waals surface area contributed by atoms with E-state index in [1.165, 1.54) is 35.2 Å². The minimum atomic E-state index is -0.715. The van der Waals surface area contributed by atoms with Gasteiger partial charge < -0.3 is 4.42 Å². The molecule has 1 atom stereocenters. The lowest BCUT2D eigenvalue weighted by atomic mass is 9.90. The molecule has 0 spiro atoms. The highest BCUT2D eigenvalue weighted by atomic mass is 32.1. The third-order valence-electron chi connectivity index (χ3n) is 4.91. The Morgan fingerprint density at radius 1 is 1.27 bits per heavy atom. The van der Waals surface area contributed by atoms with E-state index < -0.39 is 11.8 Å². The number of hydrogen-bond acceptors (Lipinski definition) is 6. The molecule has 1 fully saturated rings. The van der Waals surface area contributed by atoms with E-state index in [4.69, 9.17) is 4.42 Å². The van der Waals surface area contributed by atoms with E-state index >= 15 is 0 Å². The van der Waals surface area contributed by atoms with Crippen molar-refractivity contribution >= 4 is 33.5 Å². The molecule has 8 heteroatoms. The Morgan fingerprint density at radius 3 is 2.85 bits per heavy atom. The van der Waals surface area contributed by atoms with E-state index in [-0.39, 0.29) is 5.91 Å². The van der Waals surface area contributed by atoms with Crippen LogP contribution in [-0.2, 0) is 4.79 Å². The van der Waals surface area contributed by atoms with Gasteiger partial charge >= 0.3 is 5.76 Å². The maximum absolute atomic E-state index is 12.6. The molecule has 0 aliphatic heterocycles. The molecule has 1 aliphatic carbocycles. The van der Waals surface area contributed by atoms with Crippen molar-refractivity contribution in [3.63, 3.8) is 0 Å². The summed E-state index contributed by atoms with van der Waals surface area (Å²) in [7, 11) is 0. The summed E-state index contributed by atoms with van der Waals surface area (Å²) in [6, 6.07) is 6.34. The number of hydrogen-bond donors (Lipinski definition) is 1. The Labute approximate surface area is 154 Å². The van der Waals surface area contributed by atoms with Crippen LogP contribution < -0.4 is 11.1 Å². The third-order valence-corrected chi connectivity index (χ3v) is 5.91. The molecule has 1 aliphatic rings. The zero-order valence-electron chi connectivity index (χ0n) is 14.5. The Kier molecular flexibility index (Phi) is 4.58. The fourth-order valence-electron chi connectivity index (χ4n) is 3.48. The molecule has 0 saturated heterocycles. The largest absolute Gasteiger partial charge is 0.420 e. The number of fused-ring (bicyclic) bond motifs is 1. The number of anilines is 1. The molecule has 0 radical (unpaired) electrons. The van der Waals surface area contributed by atoms with Crippen molar-refractivity contribution in [3.8, 4) is 0 Å². The summed E-state index contributed by atoms with van der Waals surface area (Å²) >= 11 is 1.43. The monoisotopic (exact) mass is 372 g/mol. The van der Waals surface area contributed by atoms with Gasteiger partial charge in [-0.3, -0.25) is 14.7 Å². The first-order valence-electron chi connectivity index (χ1n) is 8.88. The molecule has 2 aromatic heterocycles. The number of rotatable bonds is 4. The number of nitrogens with zero attached hydrogens (tertiary/aromatic N) is 3. The quantitative estimate of drug-likeness (QED) is 0.754. The lowest BCUT2D eigenvalue weighted by molar-refractivity contribution is -0.118. The third kappa shape index (κ3) is 3.16. The Morgan fingerprint density at radius 2 is 2.04 bits per heavy atom.